The van der Waals surface area contributed by atoms with E-state index >= 15 is 0 Å². The zero-order valence-corrected chi connectivity index (χ0v) is 43.9. The van der Waals surface area contributed by atoms with Crippen molar-refractivity contribution in [3.63, 3.8) is 0 Å². The number of para-hydroxylation sites is 5. The van der Waals surface area contributed by atoms with Crippen LogP contribution in [-0.2, 0) is 0 Å². The van der Waals surface area contributed by atoms with Crippen molar-refractivity contribution in [2.45, 2.75) is 0 Å². The number of benzene rings is 12. The fraction of sp³-hybridized carbons (Fsp3) is 0. The van der Waals surface area contributed by atoms with Gasteiger partial charge in [0, 0.05) is 65.9 Å². The number of nitrogens with zero attached hydrogens (tertiary/aromatic N) is 6. The fourth-order valence-corrected chi connectivity index (χ4v) is 12.4. The molecule has 0 fully saturated rings. The van der Waals surface area contributed by atoms with E-state index in [2.05, 4.69) is 244 Å². The molecule has 0 amide bonds. The van der Waals surface area contributed by atoms with E-state index < -0.39 is 0 Å². The third-order valence-corrected chi connectivity index (χ3v) is 16.1. The summed E-state index contributed by atoms with van der Waals surface area (Å²) in [6.07, 6.45) is 0. The van der Waals surface area contributed by atoms with Crippen LogP contribution in [0.4, 0.5) is 0 Å². The van der Waals surface area contributed by atoms with Crippen molar-refractivity contribution < 1.29 is 0 Å². The summed E-state index contributed by atoms with van der Waals surface area (Å²) in [6, 6.07) is 104. The van der Waals surface area contributed by atoms with Gasteiger partial charge in [0.1, 0.15) is 0 Å². The van der Waals surface area contributed by atoms with Crippen LogP contribution in [0.3, 0.4) is 0 Å². The minimum atomic E-state index is 0.627. The van der Waals surface area contributed by atoms with Crippen LogP contribution >= 0.6 is 0 Å². The average molecular weight is 1030 g/mol. The Kier molecular flexibility index (Phi) is 10.8. The molecule has 12 aromatic carbocycles. The molecule has 16 aromatic rings. The van der Waals surface area contributed by atoms with E-state index in [0.29, 0.717) is 17.5 Å². The number of aromatic nitrogens is 6. The normalized spacial score (nSPS) is 11.7. The Morgan fingerprint density at radius 2 is 0.617 bits per heavy atom. The van der Waals surface area contributed by atoms with Crippen LogP contribution in [0.15, 0.2) is 291 Å². The summed E-state index contributed by atoms with van der Waals surface area (Å²) in [5.74, 6) is 1.91. The van der Waals surface area contributed by atoms with Gasteiger partial charge in [-0.1, -0.05) is 218 Å². The first-order chi connectivity index (χ1) is 40.2. The van der Waals surface area contributed by atoms with Crippen molar-refractivity contribution in [2.24, 2.45) is 0 Å². The van der Waals surface area contributed by atoms with Crippen LogP contribution in [0, 0.1) is 0 Å². The first-order valence-electron chi connectivity index (χ1n) is 27.5. The van der Waals surface area contributed by atoms with Crippen LogP contribution in [0.25, 0.3) is 150 Å². The van der Waals surface area contributed by atoms with Crippen molar-refractivity contribution in [1.82, 2.24) is 28.7 Å². The summed E-state index contributed by atoms with van der Waals surface area (Å²) in [4.78, 5) is 15.0. The average Bonchev–Trinajstić information content (AvgIpc) is 4.23. The number of hydrogen-bond acceptors (Lipinski definition) is 3. The zero-order chi connectivity index (χ0) is 53.4. The molecule has 0 saturated carbocycles. The Morgan fingerprint density at radius 3 is 1.22 bits per heavy atom. The van der Waals surface area contributed by atoms with E-state index in [1.807, 2.05) is 60.7 Å². The van der Waals surface area contributed by atoms with Gasteiger partial charge in [-0.15, -0.1) is 0 Å². The maximum Gasteiger partial charge on any atom is 0.164 e. The monoisotopic (exact) mass is 1030 g/mol. The Labute approximate surface area is 467 Å². The highest BCUT2D eigenvalue weighted by Crippen LogP contribution is 2.43. The molecule has 0 aliphatic heterocycles. The van der Waals surface area contributed by atoms with Crippen LogP contribution in [0.1, 0.15) is 0 Å². The fourth-order valence-electron chi connectivity index (χ4n) is 12.4. The predicted octanol–water partition coefficient (Wildman–Crippen LogP) is 19.2. The van der Waals surface area contributed by atoms with Gasteiger partial charge in [-0.05, 0) is 101 Å². The first-order valence-corrected chi connectivity index (χ1v) is 27.5. The quantitative estimate of drug-likeness (QED) is 0.145. The lowest BCUT2D eigenvalue weighted by molar-refractivity contribution is 1.07. The molecule has 0 atom stereocenters. The second-order valence-corrected chi connectivity index (χ2v) is 20.7. The summed E-state index contributed by atoms with van der Waals surface area (Å²) in [5, 5.41) is 7.38. The minimum Gasteiger partial charge on any atom is -0.309 e. The van der Waals surface area contributed by atoms with Crippen molar-refractivity contribution in [3.8, 4) is 84.6 Å². The topological polar surface area (TPSA) is 53.5 Å². The van der Waals surface area contributed by atoms with E-state index in [1.54, 1.807) is 0 Å². The molecule has 81 heavy (non-hydrogen) atoms. The molecule has 6 nitrogen and oxygen atoms in total. The first kappa shape index (κ1) is 46.2. The van der Waals surface area contributed by atoms with Gasteiger partial charge in [-0.3, -0.25) is 0 Å². The van der Waals surface area contributed by atoms with Gasteiger partial charge in [0.05, 0.1) is 38.8 Å². The van der Waals surface area contributed by atoms with Crippen molar-refractivity contribution in [3.05, 3.63) is 291 Å². The molecule has 4 aromatic heterocycles. The molecule has 16 rings (SSSR count). The Hall–Kier alpha value is -11.0. The minimum absolute atomic E-state index is 0.627. The van der Waals surface area contributed by atoms with Gasteiger partial charge in [-0.2, -0.15) is 0 Å². The van der Waals surface area contributed by atoms with Gasteiger partial charge < -0.3 is 13.7 Å². The molecule has 0 N–H and O–H groups in total. The predicted molar refractivity (Wildman–Crippen MR) is 335 cm³/mol. The summed E-state index contributed by atoms with van der Waals surface area (Å²) < 4.78 is 7.25. The van der Waals surface area contributed by atoms with Crippen LogP contribution in [0.2, 0.25) is 0 Å². The second kappa shape index (κ2) is 18.9. The van der Waals surface area contributed by atoms with Crippen molar-refractivity contribution in [1.29, 1.82) is 0 Å². The molecule has 0 bridgehead atoms. The zero-order valence-electron chi connectivity index (χ0n) is 43.9. The van der Waals surface area contributed by atoms with E-state index in [1.165, 1.54) is 65.5 Å². The van der Waals surface area contributed by atoms with E-state index in [0.717, 1.165) is 67.0 Å². The Balaban J connectivity index is 0.808. The Morgan fingerprint density at radius 1 is 0.210 bits per heavy atom. The van der Waals surface area contributed by atoms with Gasteiger partial charge in [0.15, 0.2) is 17.5 Å². The van der Waals surface area contributed by atoms with E-state index in [4.69, 9.17) is 15.0 Å². The van der Waals surface area contributed by atoms with Gasteiger partial charge in [0.25, 0.3) is 0 Å². The molecular formula is C75H48N6. The molecular weight excluding hydrogens is 985 g/mol. The molecule has 4 heterocycles. The van der Waals surface area contributed by atoms with E-state index in [-0.39, 0.29) is 0 Å². The molecule has 378 valence electrons. The molecule has 0 aliphatic carbocycles. The third kappa shape index (κ3) is 7.68. The van der Waals surface area contributed by atoms with Crippen LogP contribution in [0.5, 0.6) is 0 Å². The van der Waals surface area contributed by atoms with Crippen molar-refractivity contribution >= 4 is 65.4 Å². The van der Waals surface area contributed by atoms with Gasteiger partial charge in [-0.25, -0.2) is 15.0 Å². The standard InChI is InChI=1S/C75H48N6/c1-4-19-51(20-5-1)73-76-74(52-21-6-2-7-22-52)78-75(77-73)53-37-35-49(36-38-53)54-41-45-58(71(48-54)81-66-31-15-10-25-60(66)61-26-11-16-32-67(61)81)50-39-43-57(44-40-50)80-68-33-17-13-28-63(68)72-59(29-18-34-70(72)80)55-42-46-69-64(47-55)62-27-12-14-30-65(62)79(69)56-23-8-3-9-24-56/h1-48H. The number of fused-ring (bicyclic) bond motifs is 9. The highest BCUT2D eigenvalue weighted by Gasteiger charge is 2.21. The summed E-state index contributed by atoms with van der Waals surface area (Å²) >= 11 is 0. The molecule has 0 radical (unpaired) electrons. The molecule has 0 saturated heterocycles. The summed E-state index contributed by atoms with van der Waals surface area (Å²) in [7, 11) is 0. The smallest absolute Gasteiger partial charge is 0.164 e. The Bertz CT molecular complexity index is 4960. The lowest BCUT2D eigenvalue weighted by Crippen LogP contribution is -2.00. The molecule has 0 unspecified atom stereocenters. The molecule has 0 spiro atoms. The second-order valence-electron chi connectivity index (χ2n) is 20.7. The number of rotatable bonds is 9. The lowest BCUT2D eigenvalue weighted by Gasteiger charge is -2.17. The SMILES string of the molecule is c1ccc(-c2nc(-c3ccccc3)nc(-c3ccc(-c4ccc(-c5ccc(-n6c7ccccc7c7c(-c8ccc9c(c8)c8ccccc8n9-c8ccccc8)cccc76)cc5)c(-n5c6ccccc6c6ccccc65)c4)cc3)n2)cc1. The number of hydrogen-bond donors (Lipinski definition) is 0. The third-order valence-electron chi connectivity index (χ3n) is 16.1. The highest BCUT2D eigenvalue weighted by atomic mass is 15.0. The maximum atomic E-state index is 5.02. The van der Waals surface area contributed by atoms with Crippen LogP contribution < -0.4 is 0 Å². The highest BCUT2D eigenvalue weighted by molar-refractivity contribution is 6.17. The summed E-state index contributed by atoms with van der Waals surface area (Å²) in [5.41, 5.74) is 20.1. The maximum absolute atomic E-state index is 5.02. The summed E-state index contributed by atoms with van der Waals surface area (Å²) in [6.45, 7) is 0. The van der Waals surface area contributed by atoms with Crippen LogP contribution in [-0.4, -0.2) is 28.7 Å². The van der Waals surface area contributed by atoms with Crippen molar-refractivity contribution in [2.75, 3.05) is 0 Å². The molecule has 6 heteroatoms. The van der Waals surface area contributed by atoms with Gasteiger partial charge >= 0.3 is 0 Å². The lowest BCUT2D eigenvalue weighted by atomic mass is 9.97. The van der Waals surface area contributed by atoms with E-state index in [9.17, 15) is 0 Å². The van der Waals surface area contributed by atoms with Gasteiger partial charge in [0.2, 0.25) is 0 Å². The molecule has 0 aliphatic rings. The largest absolute Gasteiger partial charge is 0.309 e.